The number of ether oxygens (including phenoxy) is 2. The van der Waals surface area contributed by atoms with Crippen molar-refractivity contribution in [3.05, 3.63) is 29.8 Å². The van der Waals surface area contributed by atoms with E-state index in [0.29, 0.717) is 51.1 Å². The van der Waals surface area contributed by atoms with Gasteiger partial charge in [-0.2, -0.15) is 0 Å². The van der Waals surface area contributed by atoms with E-state index in [2.05, 4.69) is 19.9 Å². The molecule has 1 N–H and O–H groups in total. The summed E-state index contributed by atoms with van der Waals surface area (Å²) < 4.78 is 47.4. The fraction of sp³-hybridized carbons (Fsp3) is 0.619. The van der Waals surface area contributed by atoms with Crippen molar-refractivity contribution in [1.29, 1.82) is 0 Å². The summed E-state index contributed by atoms with van der Waals surface area (Å²) in [6.45, 7) is 6.06. The Kier molecular flexibility index (Phi) is 7.10. The van der Waals surface area contributed by atoms with E-state index in [-0.39, 0.29) is 29.6 Å². The third-order valence-electron chi connectivity index (χ3n) is 5.37. The number of benzene rings is 1. The standard InChI is InChI=1S/C21H28F3N3O3/c1-3-25-20(27-11-9-14(10-12-27)19(28)29-4-2)26-17-13-16(17)15-7-5-6-8-18(15)30-21(22,23)24/h5-8,14,16-17H,3-4,9-13H2,1-2H3,(H,25,26). The Bertz CT molecular complexity index is 761. The van der Waals surface area contributed by atoms with E-state index >= 15 is 0 Å². The fourth-order valence-electron chi connectivity index (χ4n) is 3.84. The van der Waals surface area contributed by atoms with Crippen molar-refractivity contribution >= 4 is 11.9 Å². The van der Waals surface area contributed by atoms with Crippen LogP contribution in [0.3, 0.4) is 0 Å². The highest BCUT2D eigenvalue weighted by Gasteiger charge is 2.43. The van der Waals surface area contributed by atoms with Crippen molar-refractivity contribution < 1.29 is 27.4 Å². The van der Waals surface area contributed by atoms with Crippen LogP contribution in [0.4, 0.5) is 13.2 Å². The first-order valence-electron chi connectivity index (χ1n) is 10.4. The Labute approximate surface area is 174 Å². The number of carbonyl (C=O) groups excluding carboxylic acids is 1. The Morgan fingerprint density at radius 2 is 1.93 bits per heavy atom. The molecule has 0 amide bonds. The monoisotopic (exact) mass is 427 g/mol. The second-order valence-corrected chi connectivity index (χ2v) is 7.49. The van der Waals surface area contributed by atoms with Crippen LogP contribution in [0.25, 0.3) is 0 Å². The minimum atomic E-state index is -4.72. The van der Waals surface area contributed by atoms with Crippen LogP contribution in [0.1, 0.15) is 44.6 Å². The maximum Gasteiger partial charge on any atom is 0.573 e. The molecule has 2 unspecified atom stereocenters. The second kappa shape index (κ2) is 9.57. The molecule has 1 aromatic rings. The van der Waals surface area contributed by atoms with Crippen LogP contribution in [0.15, 0.2) is 29.3 Å². The molecule has 2 aliphatic rings. The average molecular weight is 427 g/mol. The Hall–Kier alpha value is -2.45. The van der Waals surface area contributed by atoms with Gasteiger partial charge in [0, 0.05) is 31.6 Å². The highest BCUT2D eigenvalue weighted by atomic mass is 19.4. The number of piperidine rings is 1. The topological polar surface area (TPSA) is 63.2 Å². The summed E-state index contributed by atoms with van der Waals surface area (Å²) in [4.78, 5) is 18.6. The lowest BCUT2D eigenvalue weighted by molar-refractivity contribution is -0.274. The molecule has 30 heavy (non-hydrogen) atoms. The Balaban J connectivity index is 1.60. The van der Waals surface area contributed by atoms with E-state index in [1.165, 1.54) is 12.1 Å². The lowest BCUT2D eigenvalue weighted by Gasteiger charge is -2.33. The number of esters is 1. The number of nitrogens with one attached hydrogen (secondary N) is 1. The maximum absolute atomic E-state index is 12.7. The molecular weight excluding hydrogens is 399 g/mol. The lowest BCUT2D eigenvalue weighted by atomic mass is 9.97. The van der Waals surface area contributed by atoms with Gasteiger partial charge in [0.2, 0.25) is 0 Å². The molecule has 0 bridgehead atoms. The van der Waals surface area contributed by atoms with Crippen LogP contribution in [0, 0.1) is 5.92 Å². The molecule has 1 aliphatic carbocycles. The number of aliphatic imine (C=N–C) groups is 1. The molecule has 1 aliphatic heterocycles. The van der Waals surface area contributed by atoms with Crippen molar-refractivity contribution in [3.63, 3.8) is 0 Å². The predicted molar refractivity (Wildman–Crippen MR) is 106 cm³/mol. The first kappa shape index (κ1) is 22.2. The molecule has 0 radical (unpaired) electrons. The highest BCUT2D eigenvalue weighted by molar-refractivity contribution is 5.81. The molecule has 1 saturated carbocycles. The lowest BCUT2D eigenvalue weighted by Crippen LogP contribution is -2.47. The third-order valence-corrected chi connectivity index (χ3v) is 5.37. The normalized spacial score (nSPS) is 22.6. The van der Waals surface area contributed by atoms with Gasteiger partial charge in [-0.25, -0.2) is 0 Å². The summed E-state index contributed by atoms with van der Waals surface area (Å²) in [6, 6.07) is 6.27. The summed E-state index contributed by atoms with van der Waals surface area (Å²) in [5.41, 5.74) is 0.546. The zero-order chi connectivity index (χ0) is 21.7. The van der Waals surface area contributed by atoms with E-state index in [9.17, 15) is 18.0 Å². The van der Waals surface area contributed by atoms with Gasteiger partial charge >= 0.3 is 12.3 Å². The molecule has 9 heteroatoms. The first-order chi connectivity index (χ1) is 14.3. The van der Waals surface area contributed by atoms with Crippen LogP contribution in [-0.2, 0) is 9.53 Å². The van der Waals surface area contributed by atoms with Gasteiger partial charge in [-0.3, -0.25) is 9.79 Å². The van der Waals surface area contributed by atoms with Gasteiger partial charge in [0.1, 0.15) is 5.75 Å². The zero-order valence-corrected chi connectivity index (χ0v) is 17.2. The third kappa shape index (κ3) is 5.79. The molecule has 2 atom stereocenters. The number of likely N-dealkylation sites (tertiary alicyclic amines) is 1. The van der Waals surface area contributed by atoms with Gasteiger partial charge in [-0.05, 0) is 44.7 Å². The van der Waals surface area contributed by atoms with Crippen LogP contribution in [-0.4, -0.2) is 55.5 Å². The zero-order valence-electron chi connectivity index (χ0n) is 17.2. The number of hydrogen-bond donors (Lipinski definition) is 1. The number of guanidine groups is 1. The van der Waals surface area contributed by atoms with E-state index in [0.717, 1.165) is 5.96 Å². The maximum atomic E-state index is 12.7. The van der Waals surface area contributed by atoms with E-state index < -0.39 is 6.36 Å². The number of carbonyl (C=O) groups is 1. The van der Waals surface area contributed by atoms with Crippen LogP contribution in [0.2, 0.25) is 0 Å². The predicted octanol–water partition coefficient (Wildman–Crippen LogP) is 3.68. The van der Waals surface area contributed by atoms with Crippen molar-refractivity contribution in [2.24, 2.45) is 10.9 Å². The second-order valence-electron chi connectivity index (χ2n) is 7.49. The molecule has 1 heterocycles. The van der Waals surface area contributed by atoms with Crippen LogP contribution >= 0.6 is 0 Å². The minimum absolute atomic E-state index is 0.00364. The summed E-state index contributed by atoms with van der Waals surface area (Å²) in [7, 11) is 0. The molecule has 2 fully saturated rings. The van der Waals surface area contributed by atoms with Crippen molar-refractivity contribution in [1.82, 2.24) is 10.2 Å². The van der Waals surface area contributed by atoms with Crippen LogP contribution in [0.5, 0.6) is 5.75 Å². The van der Waals surface area contributed by atoms with Gasteiger partial charge in [-0.1, -0.05) is 18.2 Å². The molecule has 0 aromatic heterocycles. The minimum Gasteiger partial charge on any atom is -0.466 e. The SMILES string of the molecule is CCN=C(NC1CC1c1ccccc1OC(F)(F)F)N1CCC(C(=O)OCC)CC1. The number of hydrogen-bond acceptors (Lipinski definition) is 4. The van der Waals surface area contributed by atoms with Crippen molar-refractivity contribution in [3.8, 4) is 5.75 Å². The quantitative estimate of drug-likeness (QED) is 0.426. The van der Waals surface area contributed by atoms with E-state index in [4.69, 9.17) is 4.74 Å². The number of alkyl halides is 3. The number of halogens is 3. The largest absolute Gasteiger partial charge is 0.573 e. The fourth-order valence-corrected chi connectivity index (χ4v) is 3.84. The molecular formula is C21H28F3N3O3. The van der Waals surface area contributed by atoms with Gasteiger partial charge in [0.15, 0.2) is 5.96 Å². The summed E-state index contributed by atoms with van der Waals surface area (Å²) >= 11 is 0. The van der Waals surface area contributed by atoms with E-state index in [1.54, 1.807) is 19.1 Å². The van der Waals surface area contributed by atoms with Crippen LogP contribution < -0.4 is 10.1 Å². The summed E-state index contributed by atoms with van der Waals surface area (Å²) in [6.07, 6.45) is -2.62. The number of para-hydroxylation sites is 1. The van der Waals surface area contributed by atoms with Crippen molar-refractivity contribution in [2.45, 2.75) is 51.4 Å². The molecule has 3 rings (SSSR count). The Morgan fingerprint density at radius 1 is 1.23 bits per heavy atom. The molecule has 1 saturated heterocycles. The molecule has 0 spiro atoms. The van der Waals surface area contributed by atoms with Gasteiger partial charge in [-0.15, -0.1) is 13.2 Å². The molecule has 166 valence electrons. The molecule has 1 aromatic carbocycles. The van der Waals surface area contributed by atoms with E-state index in [1.807, 2.05) is 6.92 Å². The van der Waals surface area contributed by atoms with Gasteiger partial charge < -0.3 is 19.7 Å². The smallest absolute Gasteiger partial charge is 0.466 e. The summed E-state index contributed by atoms with van der Waals surface area (Å²) in [5.74, 6) is 0.277. The van der Waals surface area contributed by atoms with Gasteiger partial charge in [0.05, 0.1) is 12.5 Å². The van der Waals surface area contributed by atoms with Crippen molar-refractivity contribution in [2.75, 3.05) is 26.2 Å². The number of rotatable bonds is 6. The van der Waals surface area contributed by atoms with Gasteiger partial charge in [0.25, 0.3) is 0 Å². The first-order valence-corrected chi connectivity index (χ1v) is 10.4. The highest BCUT2D eigenvalue weighted by Crippen LogP contribution is 2.45. The Morgan fingerprint density at radius 3 is 2.57 bits per heavy atom. The average Bonchev–Trinajstić information content (AvgIpc) is 3.46. The number of nitrogens with zero attached hydrogens (tertiary/aromatic N) is 2. The summed E-state index contributed by atoms with van der Waals surface area (Å²) in [5, 5.41) is 3.39. The molecule has 6 nitrogen and oxygen atoms in total.